The van der Waals surface area contributed by atoms with E-state index in [4.69, 9.17) is 11.6 Å². The van der Waals surface area contributed by atoms with E-state index in [1.54, 1.807) is 0 Å². The summed E-state index contributed by atoms with van der Waals surface area (Å²) in [6, 6.07) is 3.28. The van der Waals surface area contributed by atoms with E-state index in [1.807, 2.05) is 0 Å². The molecule has 0 unspecified atom stereocenters. The van der Waals surface area contributed by atoms with E-state index in [0.29, 0.717) is 24.5 Å². The van der Waals surface area contributed by atoms with Crippen molar-refractivity contribution in [1.29, 1.82) is 0 Å². The van der Waals surface area contributed by atoms with Crippen LogP contribution in [0.3, 0.4) is 0 Å². The molecule has 7 heteroatoms. The van der Waals surface area contributed by atoms with Crippen molar-refractivity contribution in [2.24, 2.45) is 5.92 Å². The van der Waals surface area contributed by atoms with Gasteiger partial charge in [0.2, 0.25) is 5.91 Å². The van der Waals surface area contributed by atoms with Gasteiger partial charge in [-0.1, -0.05) is 23.7 Å². The molecule has 3 nitrogen and oxygen atoms in total. The Labute approximate surface area is 119 Å². The molecule has 1 aliphatic rings. The van der Waals surface area contributed by atoms with Gasteiger partial charge in [0.05, 0.1) is 5.92 Å². The van der Waals surface area contributed by atoms with Crippen molar-refractivity contribution >= 4 is 17.5 Å². The Hall–Kier alpha value is -1.27. The van der Waals surface area contributed by atoms with Gasteiger partial charge in [-0.15, -0.1) is 0 Å². The maximum Gasteiger partial charge on any atom is 0.412 e. The molecule has 1 aliphatic heterocycles. The summed E-state index contributed by atoms with van der Waals surface area (Å²) in [4.78, 5) is 11.9. The quantitative estimate of drug-likeness (QED) is 0.901. The molecule has 0 saturated carbocycles. The van der Waals surface area contributed by atoms with Gasteiger partial charge in [-0.3, -0.25) is 4.79 Å². The summed E-state index contributed by atoms with van der Waals surface area (Å²) in [6.45, 7) is 1.06. The Morgan fingerprint density at radius 3 is 2.50 bits per heavy atom. The second kappa shape index (κ2) is 6.01. The number of carbonyl (C=O) groups excluding carboxylic acids is 1. The molecular formula is C13H14ClF3N2O. The molecule has 0 radical (unpaired) electrons. The SMILES string of the molecule is O=C(N[C@H](c1ccc(Cl)cc1)C(F)(F)F)[C@@H]1CCNC1. The molecule has 0 aromatic heterocycles. The van der Waals surface area contributed by atoms with Crippen molar-refractivity contribution in [3.63, 3.8) is 0 Å². The van der Waals surface area contributed by atoms with Crippen molar-refractivity contribution in [1.82, 2.24) is 10.6 Å². The fraction of sp³-hybridized carbons (Fsp3) is 0.462. The predicted octanol–water partition coefficient (Wildman–Crippen LogP) is 2.67. The Morgan fingerprint density at radius 1 is 1.35 bits per heavy atom. The van der Waals surface area contributed by atoms with Crippen molar-refractivity contribution in [3.8, 4) is 0 Å². The van der Waals surface area contributed by atoms with Crippen LogP contribution in [0, 0.1) is 5.92 Å². The predicted molar refractivity (Wildman–Crippen MR) is 69.4 cm³/mol. The largest absolute Gasteiger partial charge is 0.412 e. The van der Waals surface area contributed by atoms with Gasteiger partial charge in [-0.2, -0.15) is 13.2 Å². The average Bonchev–Trinajstić information content (AvgIpc) is 2.89. The molecule has 2 N–H and O–H groups in total. The van der Waals surface area contributed by atoms with Crippen molar-refractivity contribution in [3.05, 3.63) is 34.9 Å². The van der Waals surface area contributed by atoms with Crippen LogP contribution >= 0.6 is 11.6 Å². The van der Waals surface area contributed by atoms with Gasteiger partial charge in [0, 0.05) is 11.6 Å². The van der Waals surface area contributed by atoms with Crippen LogP contribution in [0.2, 0.25) is 5.02 Å². The Balaban J connectivity index is 2.15. The lowest BCUT2D eigenvalue weighted by atomic mass is 10.0. The lowest BCUT2D eigenvalue weighted by Crippen LogP contribution is -2.41. The van der Waals surface area contributed by atoms with Crippen molar-refractivity contribution < 1.29 is 18.0 Å². The number of amides is 1. The zero-order chi connectivity index (χ0) is 14.8. The van der Waals surface area contributed by atoms with E-state index < -0.39 is 24.0 Å². The number of hydrogen-bond donors (Lipinski definition) is 2. The number of carbonyl (C=O) groups is 1. The number of alkyl halides is 3. The molecular weight excluding hydrogens is 293 g/mol. The first-order chi connectivity index (χ1) is 9.38. The topological polar surface area (TPSA) is 41.1 Å². The van der Waals surface area contributed by atoms with Gasteiger partial charge < -0.3 is 10.6 Å². The van der Waals surface area contributed by atoms with Gasteiger partial charge >= 0.3 is 6.18 Å². The van der Waals surface area contributed by atoms with Crippen LogP contribution in [-0.2, 0) is 4.79 Å². The van der Waals surface area contributed by atoms with Gasteiger partial charge in [0.15, 0.2) is 6.04 Å². The lowest BCUT2D eigenvalue weighted by Gasteiger charge is -2.23. The smallest absolute Gasteiger partial charge is 0.341 e. The zero-order valence-corrected chi connectivity index (χ0v) is 11.3. The Bertz CT molecular complexity index is 469. The highest BCUT2D eigenvalue weighted by molar-refractivity contribution is 6.30. The number of rotatable bonds is 3. The molecule has 1 aromatic carbocycles. The first kappa shape index (κ1) is 15.1. The summed E-state index contributed by atoms with van der Waals surface area (Å²) in [5.41, 5.74) is -0.0267. The number of nitrogens with one attached hydrogen (secondary N) is 2. The Morgan fingerprint density at radius 2 is 2.00 bits per heavy atom. The molecule has 0 aliphatic carbocycles. The monoisotopic (exact) mass is 306 g/mol. The number of halogens is 4. The van der Waals surface area contributed by atoms with Crippen molar-refractivity contribution in [2.45, 2.75) is 18.6 Å². The maximum absolute atomic E-state index is 13.1. The maximum atomic E-state index is 13.1. The third kappa shape index (κ3) is 3.64. The van der Waals surface area contributed by atoms with Gasteiger partial charge in [0.25, 0.3) is 0 Å². The molecule has 1 amide bonds. The fourth-order valence-corrected chi connectivity index (χ4v) is 2.27. The van der Waals surface area contributed by atoms with Crippen LogP contribution in [0.4, 0.5) is 13.2 Å². The molecule has 1 heterocycles. The Kier molecular flexibility index (Phi) is 4.55. The van der Waals surface area contributed by atoms with Gasteiger partial charge in [-0.05, 0) is 30.7 Å². The van der Waals surface area contributed by atoms with E-state index >= 15 is 0 Å². The van der Waals surface area contributed by atoms with Crippen LogP contribution in [0.5, 0.6) is 0 Å². The van der Waals surface area contributed by atoms with Crippen molar-refractivity contribution in [2.75, 3.05) is 13.1 Å². The van der Waals surface area contributed by atoms with E-state index in [-0.39, 0.29) is 5.56 Å². The van der Waals surface area contributed by atoms with Gasteiger partial charge in [-0.25, -0.2) is 0 Å². The van der Waals surface area contributed by atoms with E-state index in [9.17, 15) is 18.0 Å². The minimum atomic E-state index is -4.55. The van der Waals surface area contributed by atoms with E-state index in [1.165, 1.54) is 24.3 Å². The minimum absolute atomic E-state index is 0.0267. The van der Waals surface area contributed by atoms with Crippen LogP contribution in [0.1, 0.15) is 18.0 Å². The third-order valence-corrected chi connectivity index (χ3v) is 3.50. The second-order valence-corrected chi connectivity index (χ2v) is 5.16. The van der Waals surface area contributed by atoms with Crippen LogP contribution < -0.4 is 10.6 Å². The summed E-state index contributed by atoms with van der Waals surface area (Å²) in [6.07, 6.45) is -3.99. The third-order valence-electron chi connectivity index (χ3n) is 3.25. The molecule has 110 valence electrons. The second-order valence-electron chi connectivity index (χ2n) is 4.72. The molecule has 1 saturated heterocycles. The van der Waals surface area contributed by atoms with Crippen LogP contribution in [0.15, 0.2) is 24.3 Å². The molecule has 20 heavy (non-hydrogen) atoms. The number of benzene rings is 1. The summed E-state index contributed by atoms with van der Waals surface area (Å²) >= 11 is 5.66. The van der Waals surface area contributed by atoms with Crippen LogP contribution in [0.25, 0.3) is 0 Å². The summed E-state index contributed by atoms with van der Waals surface area (Å²) in [5, 5.41) is 5.39. The first-order valence-corrected chi connectivity index (χ1v) is 6.59. The molecule has 2 rings (SSSR count). The highest BCUT2D eigenvalue weighted by Gasteiger charge is 2.42. The van der Waals surface area contributed by atoms with E-state index in [0.717, 1.165) is 0 Å². The fourth-order valence-electron chi connectivity index (χ4n) is 2.15. The summed E-state index contributed by atoms with van der Waals surface area (Å²) in [5.74, 6) is -0.987. The molecule has 1 aromatic rings. The standard InChI is InChI=1S/C13H14ClF3N2O/c14-10-3-1-8(2-4-10)11(13(15,16)17)19-12(20)9-5-6-18-7-9/h1-4,9,11,18H,5-7H2,(H,19,20)/t9-,11-/m1/s1. The van der Waals surface area contributed by atoms with E-state index in [2.05, 4.69) is 10.6 Å². The first-order valence-electron chi connectivity index (χ1n) is 6.21. The van der Waals surface area contributed by atoms with Crippen LogP contribution in [-0.4, -0.2) is 25.2 Å². The molecule has 0 bridgehead atoms. The number of hydrogen-bond acceptors (Lipinski definition) is 2. The molecule has 0 spiro atoms. The minimum Gasteiger partial charge on any atom is -0.341 e. The molecule has 1 fully saturated rings. The zero-order valence-electron chi connectivity index (χ0n) is 10.5. The highest BCUT2D eigenvalue weighted by Crippen LogP contribution is 2.33. The average molecular weight is 307 g/mol. The normalized spacial score (nSPS) is 20.7. The molecule has 2 atom stereocenters. The summed E-state index contributed by atoms with van der Waals surface area (Å²) < 4.78 is 39.3. The van der Waals surface area contributed by atoms with Gasteiger partial charge in [0.1, 0.15) is 0 Å². The summed E-state index contributed by atoms with van der Waals surface area (Å²) in [7, 11) is 0. The lowest BCUT2D eigenvalue weighted by molar-refractivity contribution is -0.164. The highest BCUT2D eigenvalue weighted by atomic mass is 35.5.